The number of aliphatic carboxylic acids is 2. The first kappa shape index (κ1) is 27.8. The number of carbonyl (C=O) groups excluding carboxylic acids is 3. The van der Waals surface area contributed by atoms with E-state index < -0.39 is 60.8 Å². The molecule has 0 spiro atoms. The number of carbonyl (C=O) groups is 5. The fourth-order valence-corrected chi connectivity index (χ4v) is 2.77. The van der Waals surface area contributed by atoms with Crippen molar-refractivity contribution in [2.75, 3.05) is 13.1 Å². The van der Waals surface area contributed by atoms with Crippen LogP contribution in [-0.4, -0.2) is 87.0 Å². The van der Waals surface area contributed by atoms with Crippen molar-refractivity contribution in [2.45, 2.75) is 43.8 Å². The Balaban J connectivity index is 2.99. The van der Waals surface area contributed by atoms with Gasteiger partial charge in [0.2, 0.25) is 17.7 Å². The van der Waals surface area contributed by atoms with E-state index in [0.29, 0.717) is 5.69 Å². The lowest BCUT2D eigenvalue weighted by Gasteiger charge is -2.24. The first-order valence-electron chi connectivity index (χ1n) is 10.1. The summed E-state index contributed by atoms with van der Waals surface area (Å²) in [6.45, 7) is -0.374. The van der Waals surface area contributed by atoms with E-state index >= 15 is 0 Å². The molecule has 0 saturated carbocycles. The van der Waals surface area contributed by atoms with Crippen molar-refractivity contribution >= 4 is 35.6 Å². The molecular weight excluding hydrogens is 454 g/mol. The van der Waals surface area contributed by atoms with E-state index in [-0.39, 0.29) is 31.8 Å². The SMILES string of the molecule is NCC(=O)NC(CC(=O)O)C(=O)NC(CCCN=C(N)N)C(=O)NC(Cc1cnc[nH]1)C(=O)O. The van der Waals surface area contributed by atoms with Crippen LogP contribution in [0, 0.1) is 0 Å². The van der Waals surface area contributed by atoms with Gasteiger partial charge in [0.05, 0.1) is 19.3 Å². The van der Waals surface area contributed by atoms with Gasteiger partial charge in [0.15, 0.2) is 5.96 Å². The second kappa shape index (κ2) is 14.0. The zero-order chi connectivity index (χ0) is 25.7. The van der Waals surface area contributed by atoms with E-state index in [9.17, 15) is 29.1 Å². The lowest BCUT2D eigenvalue weighted by molar-refractivity contribution is -0.143. The molecule has 1 rings (SSSR count). The van der Waals surface area contributed by atoms with Crippen molar-refractivity contribution in [1.29, 1.82) is 0 Å². The number of nitrogens with one attached hydrogen (secondary N) is 4. The number of aromatic amines is 1. The summed E-state index contributed by atoms with van der Waals surface area (Å²) >= 11 is 0. The molecule has 3 unspecified atom stereocenters. The third-order valence-corrected chi connectivity index (χ3v) is 4.39. The molecule has 0 saturated heterocycles. The smallest absolute Gasteiger partial charge is 0.326 e. The number of imidazole rings is 1. The number of amides is 3. The van der Waals surface area contributed by atoms with E-state index in [1.165, 1.54) is 12.5 Å². The first-order chi connectivity index (χ1) is 16.0. The van der Waals surface area contributed by atoms with Crippen LogP contribution in [0.2, 0.25) is 0 Å². The number of rotatable bonds is 15. The molecule has 1 aromatic heterocycles. The molecule has 0 bridgehead atoms. The van der Waals surface area contributed by atoms with E-state index in [1.54, 1.807) is 0 Å². The number of aliphatic imine (C=N–C) groups is 1. The van der Waals surface area contributed by atoms with Gasteiger partial charge in [0.1, 0.15) is 18.1 Å². The zero-order valence-corrected chi connectivity index (χ0v) is 18.2. The second-order valence-corrected chi connectivity index (χ2v) is 7.11. The number of nitrogens with zero attached hydrogens (tertiary/aromatic N) is 2. The van der Waals surface area contributed by atoms with Gasteiger partial charge >= 0.3 is 11.9 Å². The van der Waals surface area contributed by atoms with Gasteiger partial charge in [-0.3, -0.25) is 24.2 Å². The van der Waals surface area contributed by atoms with E-state index in [0.717, 1.165) is 0 Å². The zero-order valence-electron chi connectivity index (χ0n) is 18.2. The topological polar surface area (TPSA) is 281 Å². The average molecular weight is 483 g/mol. The number of nitrogens with two attached hydrogens (primary N) is 3. The Bertz CT molecular complexity index is 884. The molecule has 34 heavy (non-hydrogen) atoms. The van der Waals surface area contributed by atoms with Crippen LogP contribution in [0.25, 0.3) is 0 Å². The number of guanidine groups is 1. The minimum atomic E-state index is -1.51. The minimum absolute atomic E-state index is 0.0185. The summed E-state index contributed by atoms with van der Waals surface area (Å²) in [5.74, 6) is -5.47. The molecule has 3 atom stereocenters. The van der Waals surface area contributed by atoms with Crippen LogP contribution in [0.1, 0.15) is 25.0 Å². The van der Waals surface area contributed by atoms with Gasteiger partial charge in [-0.25, -0.2) is 9.78 Å². The van der Waals surface area contributed by atoms with Crippen molar-refractivity contribution in [3.63, 3.8) is 0 Å². The van der Waals surface area contributed by atoms with Crippen LogP contribution < -0.4 is 33.2 Å². The molecule has 0 aliphatic heterocycles. The van der Waals surface area contributed by atoms with E-state index in [4.69, 9.17) is 22.3 Å². The number of aromatic nitrogens is 2. The van der Waals surface area contributed by atoms with Gasteiger partial charge in [-0.1, -0.05) is 0 Å². The first-order valence-corrected chi connectivity index (χ1v) is 10.1. The fourth-order valence-electron chi connectivity index (χ4n) is 2.77. The monoisotopic (exact) mass is 483 g/mol. The summed E-state index contributed by atoms with van der Waals surface area (Å²) in [5.41, 5.74) is 16.2. The minimum Gasteiger partial charge on any atom is -0.481 e. The Hall–Kier alpha value is -4.21. The highest BCUT2D eigenvalue weighted by Gasteiger charge is 2.30. The summed E-state index contributed by atoms with van der Waals surface area (Å²) in [7, 11) is 0. The molecule has 0 aliphatic rings. The van der Waals surface area contributed by atoms with Crippen molar-refractivity contribution in [1.82, 2.24) is 25.9 Å². The van der Waals surface area contributed by atoms with Crippen LogP contribution in [-0.2, 0) is 30.4 Å². The molecular formula is C18H29N9O7. The quantitative estimate of drug-likeness (QED) is 0.0657. The third kappa shape index (κ3) is 10.4. The predicted octanol–water partition coefficient (Wildman–Crippen LogP) is -4.02. The van der Waals surface area contributed by atoms with Crippen molar-refractivity contribution in [3.05, 3.63) is 18.2 Å². The predicted molar refractivity (Wildman–Crippen MR) is 117 cm³/mol. The van der Waals surface area contributed by atoms with Gasteiger partial charge in [-0.15, -0.1) is 0 Å². The highest BCUT2D eigenvalue weighted by molar-refractivity contribution is 5.95. The third-order valence-electron chi connectivity index (χ3n) is 4.39. The van der Waals surface area contributed by atoms with Gasteiger partial charge in [-0.2, -0.15) is 0 Å². The number of hydrogen-bond acceptors (Lipinski definition) is 8. The number of hydrogen-bond donors (Lipinski definition) is 9. The largest absolute Gasteiger partial charge is 0.481 e. The van der Waals surface area contributed by atoms with Gasteiger partial charge in [-0.05, 0) is 12.8 Å². The van der Waals surface area contributed by atoms with E-state index in [1.807, 2.05) is 0 Å². The second-order valence-electron chi connectivity index (χ2n) is 7.11. The van der Waals surface area contributed by atoms with E-state index in [2.05, 4.69) is 30.9 Å². The maximum Gasteiger partial charge on any atom is 0.326 e. The van der Waals surface area contributed by atoms with Crippen molar-refractivity contribution in [3.8, 4) is 0 Å². The van der Waals surface area contributed by atoms with Crippen LogP contribution in [0.4, 0.5) is 0 Å². The summed E-state index contributed by atoms with van der Waals surface area (Å²) in [4.78, 5) is 70.1. The fraction of sp³-hybridized carbons (Fsp3) is 0.500. The van der Waals surface area contributed by atoms with Crippen LogP contribution in [0.5, 0.6) is 0 Å². The number of carboxylic acid groups (broad SMARTS) is 2. The summed E-state index contributed by atoms with van der Waals surface area (Å²) < 4.78 is 0. The highest BCUT2D eigenvalue weighted by atomic mass is 16.4. The summed E-state index contributed by atoms with van der Waals surface area (Å²) in [6, 6.07) is -4.14. The molecule has 16 heteroatoms. The van der Waals surface area contributed by atoms with Gasteiger partial charge in [0, 0.05) is 24.9 Å². The standard InChI is InChI=1S/C18H29N9O7/c19-6-13(28)25-11(5-14(29)30)16(32)26-10(2-1-3-23-18(20)21)15(31)27-12(17(33)34)4-9-7-22-8-24-9/h7-8,10-12H,1-6,19H2,(H,22,24)(H,25,28)(H,26,32)(H,27,31)(H,29,30)(H,33,34)(H4,20,21,23). The van der Waals surface area contributed by atoms with Crippen LogP contribution in [0.15, 0.2) is 17.5 Å². The Morgan fingerprint density at radius 2 is 1.68 bits per heavy atom. The molecule has 188 valence electrons. The highest BCUT2D eigenvalue weighted by Crippen LogP contribution is 2.05. The molecule has 3 amide bonds. The maximum atomic E-state index is 12.8. The number of H-pyrrole nitrogens is 1. The average Bonchev–Trinajstić information content (AvgIpc) is 3.27. The summed E-state index contributed by atoms with van der Waals surface area (Å²) in [6.07, 6.45) is 2.07. The molecule has 12 N–H and O–H groups in total. The Kier molecular flexibility index (Phi) is 11.5. The molecule has 0 radical (unpaired) electrons. The summed E-state index contributed by atoms with van der Waals surface area (Å²) in [5, 5.41) is 25.3. The molecule has 0 aromatic carbocycles. The number of carboxylic acids is 2. The van der Waals surface area contributed by atoms with Crippen LogP contribution >= 0.6 is 0 Å². The molecule has 0 fully saturated rings. The lowest BCUT2D eigenvalue weighted by Crippen LogP contribution is -2.56. The van der Waals surface area contributed by atoms with Crippen LogP contribution in [0.3, 0.4) is 0 Å². The molecule has 16 nitrogen and oxygen atoms in total. The Morgan fingerprint density at radius 1 is 1.03 bits per heavy atom. The Morgan fingerprint density at radius 3 is 2.21 bits per heavy atom. The maximum absolute atomic E-state index is 12.8. The lowest BCUT2D eigenvalue weighted by atomic mass is 10.1. The molecule has 0 aliphatic carbocycles. The molecule has 1 aromatic rings. The van der Waals surface area contributed by atoms with Gasteiger partial charge < -0.3 is 48.3 Å². The molecule has 1 heterocycles. The Labute approximate surface area is 193 Å². The normalized spacial score (nSPS) is 13.1. The van der Waals surface area contributed by atoms with Gasteiger partial charge in [0.25, 0.3) is 0 Å². The van der Waals surface area contributed by atoms with Crippen molar-refractivity contribution < 1.29 is 34.2 Å². The van der Waals surface area contributed by atoms with Crippen molar-refractivity contribution in [2.24, 2.45) is 22.2 Å².